The average Bonchev–Trinajstić information content (AvgIpc) is 2.81. The topological polar surface area (TPSA) is 42.7 Å². The van der Waals surface area contributed by atoms with Crippen LogP contribution in [0.3, 0.4) is 0 Å². The molecule has 0 fully saturated rings. The van der Waals surface area contributed by atoms with E-state index in [0.29, 0.717) is 6.04 Å². The van der Waals surface area contributed by atoms with E-state index in [1.165, 1.54) is 16.7 Å². The second-order valence-electron chi connectivity index (χ2n) is 5.32. The highest BCUT2D eigenvalue weighted by Gasteiger charge is 2.18. The van der Waals surface area contributed by atoms with Crippen molar-refractivity contribution >= 4 is 0 Å². The van der Waals surface area contributed by atoms with Gasteiger partial charge in [0.2, 0.25) is 0 Å². The van der Waals surface area contributed by atoms with Crippen molar-refractivity contribution in [1.82, 2.24) is 20.1 Å². The van der Waals surface area contributed by atoms with E-state index in [4.69, 9.17) is 0 Å². The minimum atomic E-state index is 0.291. The van der Waals surface area contributed by atoms with Crippen molar-refractivity contribution in [3.05, 3.63) is 47.0 Å². The monoisotopic (exact) mass is 272 g/mol. The number of hydrogen-bond acceptors (Lipinski definition) is 3. The van der Waals surface area contributed by atoms with Crippen molar-refractivity contribution < 1.29 is 0 Å². The molecule has 0 aliphatic heterocycles. The zero-order chi connectivity index (χ0) is 14.5. The summed E-state index contributed by atoms with van der Waals surface area (Å²) in [5.41, 5.74) is 4.06. The third-order valence-corrected chi connectivity index (χ3v) is 3.72. The fourth-order valence-corrected chi connectivity index (χ4v) is 2.66. The Kier molecular flexibility index (Phi) is 4.90. The Balaban J connectivity index is 2.30. The molecule has 0 bridgehead atoms. The molecule has 2 aromatic rings. The lowest BCUT2D eigenvalue weighted by Crippen LogP contribution is -2.26. The Labute approximate surface area is 121 Å². The summed E-state index contributed by atoms with van der Waals surface area (Å²) >= 11 is 0. The lowest BCUT2D eigenvalue weighted by Gasteiger charge is -2.22. The van der Waals surface area contributed by atoms with Crippen LogP contribution in [0.4, 0.5) is 0 Å². The van der Waals surface area contributed by atoms with Crippen LogP contribution in [0, 0.1) is 13.8 Å². The quantitative estimate of drug-likeness (QED) is 0.879. The van der Waals surface area contributed by atoms with Gasteiger partial charge in [0, 0.05) is 19.5 Å². The molecule has 4 heteroatoms. The maximum atomic E-state index is 4.36. The van der Waals surface area contributed by atoms with Crippen LogP contribution in [0.15, 0.2) is 24.5 Å². The van der Waals surface area contributed by atoms with Gasteiger partial charge in [-0.05, 0) is 43.5 Å². The molecule has 1 aromatic heterocycles. The molecule has 0 aliphatic carbocycles. The van der Waals surface area contributed by atoms with Gasteiger partial charge in [-0.3, -0.25) is 4.68 Å². The average molecular weight is 272 g/mol. The van der Waals surface area contributed by atoms with E-state index in [2.05, 4.69) is 54.4 Å². The highest BCUT2D eigenvalue weighted by Crippen LogP contribution is 2.24. The third-order valence-electron chi connectivity index (χ3n) is 3.72. The van der Waals surface area contributed by atoms with Gasteiger partial charge in [0.25, 0.3) is 0 Å². The van der Waals surface area contributed by atoms with Crippen LogP contribution in [-0.4, -0.2) is 21.3 Å². The van der Waals surface area contributed by atoms with Crippen molar-refractivity contribution in [2.24, 2.45) is 7.05 Å². The first-order chi connectivity index (χ1) is 9.63. The summed E-state index contributed by atoms with van der Waals surface area (Å²) in [7, 11) is 1.95. The molecule has 108 valence electrons. The van der Waals surface area contributed by atoms with E-state index in [1.54, 1.807) is 6.33 Å². The van der Waals surface area contributed by atoms with E-state index in [-0.39, 0.29) is 0 Å². The summed E-state index contributed by atoms with van der Waals surface area (Å²) in [6, 6.07) is 6.77. The van der Waals surface area contributed by atoms with E-state index in [1.807, 2.05) is 11.7 Å². The standard InChI is InChI=1S/C16H24N4/c1-5-9-17-14(10-15-18-11-19-20(15)4)16-12(2)7-6-8-13(16)3/h6-8,11,14,17H,5,9-10H2,1-4H3. The molecule has 0 spiro atoms. The second kappa shape index (κ2) is 6.66. The van der Waals surface area contributed by atoms with Gasteiger partial charge in [-0.25, -0.2) is 4.98 Å². The maximum absolute atomic E-state index is 4.36. The Hall–Kier alpha value is -1.68. The summed E-state index contributed by atoms with van der Waals surface area (Å²) in [6.07, 6.45) is 3.61. The minimum absolute atomic E-state index is 0.291. The first kappa shape index (κ1) is 14.7. The van der Waals surface area contributed by atoms with Gasteiger partial charge in [-0.1, -0.05) is 25.1 Å². The summed E-state index contributed by atoms with van der Waals surface area (Å²) in [6.45, 7) is 7.56. The third kappa shape index (κ3) is 3.25. The van der Waals surface area contributed by atoms with Crippen molar-refractivity contribution in [3.8, 4) is 0 Å². The van der Waals surface area contributed by atoms with E-state index in [9.17, 15) is 0 Å². The molecule has 0 amide bonds. The van der Waals surface area contributed by atoms with Crippen molar-refractivity contribution in [3.63, 3.8) is 0 Å². The van der Waals surface area contributed by atoms with Crippen LogP contribution in [0.1, 0.15) is 41.9 Å². The van der Waals surface area contributed by atoms with Gasteiger partial charge in [0.1, 0.15) is 12.2 Å². The van der Waals surface area contributed by atoms with Gasteiger partial charge in [0.15, 0.2) is 0 Å². The number of aryl methyl sites for hydroxylation is 3. The summed E-state index contributed by atoms with van der Waals surface area (Å²) < 4.78 is 1.86. The van der Waals surface area contributed by atoms with Crippen molar-refractivity contribution in [1.29, 1.82) is 0 Å². The molecule has 0 saturated carbocycles. The van der Waals surface area contributed by atoms with Crippen LogP contribution in [0.2, 0.25) is 0 Å². The maximum Gasteiger partial charge on any atom is 0.138 e. The second-order valence-corrected chi connectivity index (χ2v) is 5.32. The summed E-state index contributed by atoms with van der Waals surface area (Å²) in [5, 5.41) is 7.82. The Morgan fingerprint density at radius 1 is 1.25 bits per heavy atom. The zero-order valence-electron chi connectivity index (χ0n) is 12.8. The Morgan fingerprint density at radius 3 is 2.50 bits per heavy atom. The van der Waals surface area contributed by atoms with E-state index >= 15 is 0 Å². The normalized spacial score (nSPS) is 12.6. The molecule has 20 heavy (non-hydrogen) atoms. The lowest BCUT2D eigenvalue weighted by molar-refractivity contribution is 0.503. The highest BCUT2D eigenvalue weighted by atomic mass is 15.3. The van der Waals surface area contributed by atoms with Gasteiger partial charge >= 0.3 is 0 Å². The molecule has 1 atom stereocenters. The van der Waals surface area contributed by atoms with Crippen LogP contribution in [-0.2, 0) is 13.5 Å². The Morgan fingerprint density at radius 2 is 1.95 bits per heavy atom. The number of benzene rings is 1. The highest BCUT2D eigenvalue weighted by molar-refractivity contribution is 5.36. The van der Waals surface area contributed by atoms with Crippen molar-refractivity contribution in [2.75, 3.05) is 6.54 Å². The van der Waals surface area contributed by atoms with Crippen molar-refractivity contribution in [2.45, 2.75) is 39.7 Å². The van der Waals surface area contributed by atoms with Gasteiger partial charge < -0.3 is 5.32 Å². The smallest absolute Gasteiger partial charge is 0.138 e. The van der Waals surface area contributed by atoms with Gasteiger partial charge in [-0.2, -0.15) is 5.10 Å². The van der Waals surface area contributed by atoms with Gasteiger partial charge in [0.05, 0.1) is 0 Å². The molecular formula is C16H24N4. The molecule has 1 heterocycles. The van der Waals surface area contributed by atoms with E-state index in [0.717, 1.165) is 25.2 Å². The SMILES string of the molecule is CCCNC(Cc1ncnn1C)c1c(C)cccc1C. The predicted molar refractivity (Wildman–Crippen MR) is 81.7 cm³/mol. The summed E-state index contributed by atoms with van der Waals surface area (Å²) in [4.78, 5) is 4.36. The molecule has 1 aromatic carbocycles. The molecule has 4 nitrogen and oxygen atoms in total. The summed E-state index contributed by atoms with van der Waals surface area (Å²) in [5.74, 6) is 1.02. The number of hydrogen-bond donors (Lipinski definition) is 1. The number of aromatic nitrogens is 3. The largest absolute Gasteiger partial charge is 0.310 e. The molecule has 2 rings (SSSR count). The molecule has 1 unspecified atom stereocenters. The lowest BCUT2D eigenvalue weighted by atomic mass is 9.93. The molecule has 0 radical (unpaired) electrons. The van der Waals surface area contributed by atoms with Crippen LogP contribution in [0.25, 0.3) is 0 Å². The number of rotatable bonds is 6. The van der Waals surface area contributed by atoms with Crippen LogP contribution < -0.4 is 5.32 Å². The minimum Gasteiger partial charge on any atom is -0.310 e. The predicted octanol–water partition coefficient (Wildman–Crippen LogP) is 2.72. The number of nitrogens with one attached hydrogen (secondary N) is 1. The zero-order valence-corrected chi connectivity index (χ0v) is 12.8. The Bertz CT molecular complexity index is 539. The van der Waals surface area contributed by atoms with Crippen LogP contribution in [0.5, 0.6) is 0 Å². The number of nitrogens with zero attached hydrogens (tertiary/aromatic N) is 3. The fraction of sp³-hybridized carbons (Fsp3) is 0.500. The fourth-order valence-electron chi connectivity index (χ4n) is 2.66. The first-order valence-electron chi connectivity index (χ1n) is 7.25. The molecule has 1 N–H and O–H groups in total. The molecule has 0 aliphatic rings. The molecular weight excluding hydrogens is 248 g/mol. The molecule has 0 saturated heterocycles. The van der Waals surface area contributed by atoms with E-state index < -0.39 is 0 Å². The van der Waals surface area contributed by atoms with Gasteiger partial charge in [-0.15, -0.1) is 0 Å². The first-order valence-corrected chi connectivity index (χ1v) is 7.25. The van der Waals surface area contributed by atoms with Crippen LogP contribution >= 0.6 is 0 Å².